The minimum Gasteiger partial charge on any atom is -0.394 e. The van der Waals surface area contributed by atoms with Gasteiger partial charge in [0.25, 0.3) is 0 Å². The zero-order chi connectivity index (χ0) is 21.7. The van der Waals surface area contributed by atoms with Crippen LogP contribution >= 0.6 is 0 Å². The van der Waals surface area contributed by atoms with Crippen molar-refractivity contribution in [1.82, 2.24) is 20.2 Å². The summed E-state index contributed by atoms with van der Waals surface area (Å²) in [7, 11) is 1.85. The van der Waals surface area contributed by atoms with Gasteiger partial charge in [-0.1, -0.05) is 18.2 Å². The predicted octanol–water partition coefficient (Wildman–Crippen LogP) is 3.00. The summed E-state index contributed by atoms with van der Waals surface area (Å²) in [6, 6.07) is 9.63. The molecule has 0 aliphatic carbocycles. The number of aromatic nitrogens is 2. The zero-order valence-electron chi connectivity index (χ0n) is 18.0. The zero-order valence-corrected chi connectivity index (χ0v) is 18.0. The molecule has 2 aromatic rings. The summed E-state index contributed by atoms with van der Waals surface area (Å²) < 4.78 is 0. The molecule has 0 saturated carbocycles. The van der Waals surface area contributed by atoms with Gasteiger partial charge in [0.2, 0.25) is 0 Å². The molecule has 6 nitrogen and oxygen atoms in total. The van der Waals surface area contributed by atoms with Crippen molar-refractivity contribution in [2.24, 2.45) is 5.92 Å². The fourth-order valence-corrected chi connectivity index (χ4v) is 3.56. The Morgan fingerprint density at radius 2 is 1.87 bits per heavy atom. The summed E-state index contributed by atoms with van der Waals surface area (Å²) in [5, 5.41) is 23.6. The van der Waals surface area contributed by atoms with E-state index in [-0.39, 0.29) is 12.6 Å². The third-order valence-electron chi connectivity index (χ3n) is 5.36. The number of nitrogens with zero attached hydrogens (tertiary/aromatic N) is 3. The van der Waals surface area contributed by atoms with Crippen LogP contribution < -0.4 is 5.32 Å². The highest BCUT2D eigenvalue weighted by Crippen LogP contribution is 2.38. The molecule has 0 aromatic carbocycles. The van der Waals surface area contributed by atoms with E-state index in [0.29, 0.717) is 6.42 Å². The second-order valence-electron chi connectivity index (χ2n) is 7.48. The molecule has 1 fully saturated rings. The Morgan fingerprint density at radius 1 is 1.13 bits per heavy atom. The molecule has 162 valence electrons. The van der Waals surface area contributed by atoms with E-state index in [4.69, 9.17) is 0 Å². The monoisotopic (exact) mass is 410 g/mol. The molecule has 2 aromatic heterocycles. The van der Waals surface area contributed by atoms with E-state index in [2.05, 4.69) is 15.3 Å². The second-order valence-corrected chi connectivity index (χ2v) is 7.48. The summed E-state index contributed by atoms with van der Waals surface area (Å²) in [4.78, 5) is 10.2. The van der Waals surface area contributed by atoms with Gasteiger partial charge >= 0.3 is 0 Å². The van der Waals surface area contributed by atoms with Gasteiger partial charge in [-0.2, -0.15) is 0 Å². The van der Waals surface area contributed by atoms with E-state index in [9.17, 15) is 10.2 Å². The van der Waals surface area contributed by atoms with Crippen LogP contribution in [0, 0.1) is 12.8 Å². The van der Waals surface area contributed by atoms with E-state index in [1.165, 1.54) is 5.56 Å². The maximum Gasteiger partial charge on any atom is 0.113 e. The molecule has 30 heavy (non-hydrogen) atoms. The van der Waals surface area contributed by atoms with Crippen molar-refractivity contribution in [3.8, 4) is 0 Å². The van der Waals surface area contributed by atoms with Crippen molar-refractivity contribution in [2.45, 2.75) is 31.8 Å². The van der Waals surface area contributed by atoms with Crippen LogP contribution in [0.5, 0.6) is 0 Å². The van der Waals surface area contributed by atoms with E-state index in [0.717, 1.165) is 31.6 Å². The van der Waals surface area contributed by atoms with Crippen molar-refractivity contribution in [3.63, 3.8) is 0 Å². The molecule has 6 heteroatoms. The lowest BCUT2D eigenvalue weighted by Gasteiger charge is -2.40. The number of hydrogen-bond donors (Lipinski definition) is 3. The Balaban J connectivity index is 0.000000386. The van der Waals surface area contributed by atoms with Crippen LogP contribution in [-0.2, 0) is 5.60 Å². The lowest BCUT2D eigenvalue weighted by Crippen LogP contribution is -2.44. The normalized spacial score (nSPS) is 17.5. The number of aliphatic hydroxyl groups excluding tert-OH is 1. The average Bonchev–Trinajstić information content (AvgIpc) is 2.80. The number of aryl methyl sites for hydroxylation is 1. The van der Waals surface area contributed by atoms with Crippen molar-refractivity contribution >= 4 is 0 Å². The average molecular weight is 411 g/mol. The molecule has 1 aliphatic heterocycles. The summed E-state index contributed by atoms with van der Waals surface area (Å²) in [6.07, 6.45) is 15.2. The number of pyridine rings is 2. The molecule has 0 spiro atoms. The Labute approximate surface area is 180 Å². The first-order chi connectivity index (χ1) is 14.6. The first-order valence-electron chi connectivity index (χ1n) is 10.4. The largest absolute Gasteiger partial charge is 0.394 e. The smallest absolute Gasteiger partial charge is 0.113 e. The van der Waals surface area contributed by atoms with Crippen LogP contribution in [0.3, 0.4) is 0 Å². The second kappa shape index (κ2) is 12.9. The molecule has 0 bridgehead atoms. The molecule has 3 rings (SSSR count). The van der Waals surface area contributed by atoms with Crippen molar-refractivity contribution in [3.05, 3.63) is 84.6 Å². The molecular formula is C24H34N4O2. The van der Waals surface area contributed by atoms with E-state index >= 15 is 0 Å². The molecule has 0 amide bonds. The van der Waals surface area contributed by atoms with Gasteiger partial charge in [-0.3, -0.25) is 14.9 Å². The standard InChI is InChI=1S/C18H27N3O2.C6H7N/c1-19-11-5-2-4-10-18(23,17-7-3-6-12-20-17)16-8-13-21(15-22)14-9-16;1-6-2-4-7-5-3-6/h2-7,11-12,16,19,22-23H,8-10,13-15H2,1H3;2-5H,1H3/b4-2-,11-5-;. The molecule has 3 heterocycles. The van der Waals surface area contributed by atoms with Crippen molar-refractivity contribution in [1.29, 1.82) is 0 Å². The highest BCUT2D eigenvalue weighted by Gasteiger charge is 2.40. The Kier molecular flexibility index (Phi) is 10.2. The number of rotatable bonds is 7. The summed E-state index contributed by atoms with van der Waals surface area (Å²) in [5.41, 5.74) is 1.02. The number of aliphatic hydroxyl groups is 2. The first-order valence-corrected chi connectivity index (χ1v) is 10.4. The van der Waals surface area contributed by atoms with Gasteiger partial charge in [-0.05, 0) is 67.8 Å². The fraction of sp³-hybridized carbons (Fsp3) is 0.417. The number of allylic oxidation sites excluding steroid dienone is 2. The number of hydrogen-bond acceptors (Lipinski definition) is 6. The Hall–Kier alpha value is -2.54. The lowest BCUT2D eigenvalue weighted by molar-refractivity contribution is -0.0577. The van der Waals surface area contributed by atoms with Gasteiger partial charge in [0.15, 0.2) is 0 Å². The van der Waals surface area contributed by atoms with Crippen LogP contribution in [0.1, 0.15) is 30.5 Å². The van der Waals surface area contributed by atoms with Gasteiger partial charge in [-0.25, -0.2) is 0 Å². The fourth-order valence-electron chi connectivity index (χ4n) is 3.56. The number of nitrogens with one attached hydrogen (secondary N) is 1. The SMILES string of the molecule is CN/C=C\C=C/CC(O)(c1ccccn1)C1CCN(CO)CC1.Cc1ccncc1. The summed E-state index contributed by atoms with van der Waals surface area (Å²) in [5.74, 6) is 0.137. The quantitative estimate of drug-likeness (QED) is 0.609. The third kappa shape index (κ3) is 7.37. The van der Waals surface area contributed by atoms with Gasteiger partial charge in [0.05, 0.1) is 12.4 Å². The van der Waals surface area contributed by atoms with Gasteiger partial charge in [0.1, 0.15) is 5.60 Å². The molecule has 0 radical (unpaired) electrons. The van der Waals surface area contributed by atoms with Crippen LogP contribution in [0.25, 0.3) is 0 Å². The van der Waals surface area contributed by atoms with Crippen molar-refractivity contribution in [2.75, 3.05) is 26.9 Å². The van der Waals surface area contributed by atoms with Gasteiger partial charge in [-0.15, -0.1) is 0 Å². The Morgan fingerprint density at radius 3 is 2.40 bits per heavy atom. The van der Waals surface area contributed by atoms with Gasteiger partial charge in [0, 0.05) is 45.1 Å². The maximum absolute atomic E-state index is 11.4. The number of likely N-dealkylation sites (tertiary alicyclic amines) is 1. The lowest BCUT2D eigenvalue weighted by atomic mass is 9.76. The molecule has 1 aliphatic rings. The highest BCUT2D eigenvalue weighted by molar-refractivity contribution is 5.18. The van der Waals surface area contributed by atoms with Crippen LogP contribution in [0.15, 0.2) is 73.4 Å². The molecule has 3 N–H and O–H groups in total. The van der Waals surface area contributed by atoms with E-state index in [1.54, 1.807) is 18.6 Å². The third-order valence-corrected chi connectivity index (χ3v) is 5.36. The Bertz CT molecular complexity index is 759. The predicted molar refractivity (Wildman–Crippen MR) is 120 cm³/mol. The van der Waals surface area contributed by atoms with Crippen LogP contribution in [0.2, 0.25) is 0 Å². The molecule has 1 atom stereocenters. The van der Waals surface area contributed by atoms with Crippen LogP contribution in [0.4, 0.5) is 0 Å². The summed E-state index contributed by atoms with van der Waals surface area (Å²) >= 11 is 0. The van der Waals surface area contributed by atoms with Gasteiger partial charge < -0.3 is 15.5 Å². The minimum absolute atomic E-state index is 0.0868. The maximum atomic E-state index is 11.4. The number of piperidine rings is 1. The topological polar surface area (TPSA) is 81.5 Å². The highest BCUT2D eigenvalue weighted by atomic mass is 16.3. The molecule has 1 saturated heterocycles. The van der Waals surface area contributed by atoms with Crippen molar-refractivity contribution < 1.29 is 10.2 Å². The van der Waals surface area contributed by atoms with E-state index in [1.807, 2.05) is 73.6 Å². The van der Waals surface area contributed by atoms with Crippen LogP contribution in [-0.4, -0.2) is 51.9 Å². The first kappa shape index (κ1) is 23.7. The van der Waals surface area contributed by atoms with E-state index < -0.39 is 5.60 Å². The minimum atomic E-state index is -0.965. The summed E-state index contributed by atoms with van der Waals surface area (Å²) in [6.45, 7) is 3.74. The molecule has 1 unspecified atom stereocenters. The molecular weight excluding hydrogens is 376 g/mol.